The molecule has 0 saturated carbocycles. The van der Waals surface area contributed by atoms with Gasteiger partial charge in [-0.15, -0.1) is 0 Å². The van der Waals surface area contributed by atoms with Crippen molar-refractivity contribution in [3.8, 4) is 17.6 Å². The monoisotopic (exact) mass is 1260 g/mol. The number of aromatic carboxylic acids is 1. The van der Waals surface area contributed by atoms with Crippen LogP contribution in [0.25, 0.3) is 5.57 Å². The first-order valence-electron chi connectivity index (χ1n) is 23.7. The second-order valence-corrected chi connectivity index (χ2v) is 24.3. The van der Waals surface area contributed by atoms with Crippen molar-refractivity contribution in [2.45, 2.75) is 64.4 Å². The zero-order chi connectivity index (χ0) is 61.4. The number of hydrogen-bond donors (Lipinski definition) is 9. The lowest BCUT2D eigenvalue weighted by Crippen LogP contribution is -2.35. The number of carboxylic acid groups (broad SMARTS) is 1. The number of aliphatic hydroxyl groups is 2. The van der Waals surface area contributed by atoms with Crippen molar-refractivity contribution < 1.29 is 109 Å². The highest BCUT2D eigenvalue weighted by atomic mass is 35.5. The third-order valence-electron chi connectivity index (χ3n) is 12.6. The van der Waals surface area contributed by atoms with Gasteiger partial charge < -0.3 is 68.6 Å². The van der Waals surface area contributed by atoms with E-state index in [-0.39, 0.29) is 79.1 Å². The van der Waals surface area contributed by atoms with E-state index in [9.17, 15) is 72.9 Å². The summed E-state index contributed by atoms with van der Waals surface area (Å²) in [5.74, 6) is 0.483. The number of methoxy groups -OCH3 is 3. The number of carbonyl (C=O) groups is 3. The number of aliphatic hydroxyl groups excluding tert-OH is 2. The number of nitrogens with one attached hydrogen (secondary N) is 2. The predicted molar refractivity (Wildman–Crippen MR) is 284 cm³/mol. The molecule has 7 rings (SSSR count). The zero-order valence-electron chi connectivity index (χ0n) is 43.8. The number of aromatic amines is 1. The minimum atomic E-state index is -5.87. The third-order valence-corrected chi connectivity index (χ3v) is 17.1. The summed E-state index contributed by atoms with van der Waals surface area (Å²) in [6.07, 6.45) is -3.68. The van der Waals surface area contributed by atoms with Gasteiger partial charge in [-0.3, -0.25) is 38.6 Å². The predicted octanol–water partition coefficient (Wildman–Crippen LogP) is 5.11. The van der Waals surface area contributed by atoms with Crippen molar-refractivity contribution >= 4 is 75.6 Å². The molecule has 3 heterocycles. The molecule has 0 bridgehead atoms. The highest BCUT2D eigenvalue weighted by Crippen LogP contribution is 2.66. The molecule has 1 saturated heterocycles. The number of nitro benzene ring substituents is 1. The highest BCUT2D eigenvalue weighted by Gasteiger charge is 2.47. The molecule has 2 aliphatic carbocycles. The second kappa shape index (κ2) is 24.8. The molecule has 4 unspecified atom stereocenters. The molecule has 1 fully saturated rings. The average molecular weight is 1260 g/mol. The van der Waals surface area contributed by atoms with Crippen LogP contribution in [-0.2, 0) is 61.9 Å². The normalized spacial score (nSPS) is 21.7. The number of hydrogen-bond acceptors (Lipinski definition) is 21. The molecule has 9 N–H and O–H groups in total. The molecule has 446 valence electrons. The minimum absolute atomic E-state index is 0.00608. The zero-order valence-corrected chi connectivity index (χ0v) is 48.0. The lowest BCUT2D eigenvalue weighted by atomic mass is 9.76. The first-order chi connectivity index (χ1) is 38.7. The number of Topliss-reactive ketones (excluding diaryl/α,β-unsaturated/α-hetero) is 1. The van der Waals surface area contributed by atoms with E-state index in [1.54, 1.807) is 20.8 Å². The van der Waals surface area contributed by atoms with Gasteiger partial charge in [0, 0.05) is 35.7 Å². The van der Waals surface area contributed by atoms with Crippen LogP contribution in [0.5, 0.6) is 5.75 Å². The van der Waals surface area contributed by atoms with Gasteiger partial charge in [-0.25, -0.2) is 23.3 Å². The fourth-order valence-electron chi connectivity index (χ4n) is 8.96. The smallest absolute Gasteiger partial charge is 0.490 e. The number of benzene rings is 2. The summed E-state index contributed by atoms with van der Waals surface area (Å²) in [7, 11) is -13.5. The third kappa shape index (κ3) is 14.3. The van der Waals surface area contributed by atoms with Gasteiger partial charge in [-0.05, 0) is 53.0 Å². The second-order valence-electron chi connectivity index (χ2n) is 19.1. The molecular formula is C48H49Cl2N4O26P3. The number of rotatable bonds is 20. The Bertz CT molecular complexity index is 3710. The highest BCUT2D eigenvalue weighted by molar-refractivity contribution is 7.66. The Kier molecular flexibility index (Phi) is 19.1. The average Bonchev–Trinajstić information content (AvgIpc) is 1.93. The number of halogens is 2. The molecule has 1 aromatic heterocycles. The Morgan fingerprint density at radius 2 is 1.69 bits per heavy atom. The van der Waals surface area contributed by atoms with Gasteiger partial charge in [0.05, 0.1) is 80.5 Å². The number of nitrogens with zero attached hydrogens (tertiary/aromatic N) is 2. The van der Waals surface area contributed by atoms with Crippen molar-refractivity contribution in [1.29, 1.82) is 0 Å². The maximum atomic E-state index is 13.8. The quantitative estimate of drug-likeness (QED) is 0.0307. The molecule has 35 heteroatoms. The van der Waals surface area contributed by atoms with E-state index in [0.29, 0.717) is 0 Å². The Morgan fingerprint density at radius 3 is 2.30 bits per heavy atom. The van der Waals surface area contributed by atoms with Gasteiger partial charge in [0.2, 0.25) is 5.78 Å². The Hall–Kier alpha value is -6.74. The number of carbonyl (C=O) groups excluding carboxylic acids is 2. The van der Waals surface area contributed by atoms with E-state index in [1.807, 2.05) is 0 Å². The Labute approximate surface area is 477 Å². The van der Waals surface area contributed by atoms with Crippen LogP contribution < -0.4 is 21.3 Å². The van der Waals surface area contributed by atoms with Gasteiger partial charge in [-0.1, -0.05) is 55.8 Å². The van der Waals surface area contributed by atoms with E-state index in [4.69, 9.17) is 61.4 Å². The number of carboxylic acids is 1. The van der Waals surface area contributed by atoms with Crippen LogP contribution >= 0.6 is 46.7 Å². The molecule has 2 aromatic carbocycles. The van der Waals surface area contributed by atoms with Crippen molar-refractivity contribution in [1.82, 2.24) is 14.9 Å². The van der Waals surface area contributed by atoms with Crippen LogP contribution in [0.1, 0.15) is 82.5 Å². The van der Waals surface area contributed by atoms with Crippen LogP contribution in [0.15, 0.2) is 96.9 Å². The van der Waals surface area contributed by atoms with Gasteiger partial charge in [-0.2, -0.15) is 8.62 Å². The van der Waals surface area contributed by atoms with Crippen molar-refractivity contribution in [3.05, 3.63) is 152 Å². The summed E-state index contributed by atoms with van der Waals surface area (Å²) in [6.45, 7) is 2.94. The first kappa shape index (κ1) is 63.8. The molecule has 83 heavy (non-hydrogen) atoms. The molecule has 1 amide bonds. The summed E-state index contributed by atoms with van der Waals surface area (Å²) < 4.78 is 81.7. The number of aromatic nitrogens is 2. The van der Waals surface area contributed by atoms with Crippen molar-refractivity contribution in [3.63, 3.8) is 0 Å². The summed E-state index contributed by atoms with van der Waals surface area (Å²) in [6, 6.07) is 6.06. The van der Waals surface area contributed by atoms with Crippen molar-refractivity contribution in [2.24, 2.45) is 11.3 Å². The van der Waals surface area contributed by atoms with Crippen LogP contribution in [0.4, 0.5) is 5.69 Å². The SMILES string of the molecule is COC1=CC2=C(c3cc(C(=O)NCC#Cc4cc([N+](=O)[O-])c([C@@H](OCc5cn([C@H]6C[C@@H](O)[C@@H](COP(=O)(O)OP(=O)(O)OP(=O)(O)O)O6)c(=O)[nH]c5=O)C(C)(C)C)cc4OC)ccc3C(=O)O)C3C=C(OC)C(O)=C(Cl)C3OC2=C(Cl)C1=O. The van der Waals surface area contributed by atoms with Gasteiger partial charge >= 0.3 is 35.1 Å². The molecule has 0 spiro atoms. The number of amides is 1. The number of phosphoric ester groups is 1. The van der Waals surface area contributed by atoms with Gasteiger partial charge in [0.1, 0.15) is 34.2 Å². The fourth-order valence-corrected chi connectivity index (χ4v) is 12.5. The lowest BCUT2D eigenvalue weighted by Gasteiger charge is -2.39. The lowest BCUT2D eigenvalue weighted by molar-refractivity contribution is -0.386. The number of phosphoric acid groups is 3. The molecule has 4 aliphatic rings. The topological polar surface area (TPSA) is 437 Å². The first-order valence-corrected chi connectivity index (χ1v) is 29.0. The minimum Gasteiger partial charge on any atom is -0.503 e. The number of allylic oxidation sites excluding steroid dienone is 2. The maximum absolute atomic E-state index is 13.8. The molecule has 3 aromatic rings. The summed E-state index contributed by atoms with van der Waals surface area (Å²) >= 11 is 13.1. The van der Waals surface area contributed by atoms with E-state index in [0.717, 1.165) is 16.8 Å². The largest absolute Gasteiger partial charge is 0.503 e. The van der Waals surface area contributed by atoms with E-state index in [1.165, 1.54) is 57.7 Å². The Morgan fingerprint density at radius 1 is 1.00 bits per heavy atom. The van der Waals surface area contributed by atoms with Crippen LogP contribution in [-0.4, -0.2) is 120 Å². The van der Waals surface area contributed by atoms with Crippen LogP contribution in [0, 0.1) is 33.3 Å². The summed E-state index contributed by atoms with van der Waals surface area (Å²) in [4.78, 5) is 117. The summed E-state index contributed by atoms with van der Waals surface area (Å²) in [5, 5.41) is 46.5. The Balaban J connectivity index is 1.11. The molecule has 2 aliphatic heterocycles. The fraction of sp³-hybridized carbons (Fsp3) is 0.354. The maximum Gasteiger partial charge on any atom is 0.490 e. The molecule has 0 radical (unpaired) electrons. The standard InChI is InChI=1S/C48H49Cl2N4O26P3/c1-48(2,3)43(75-19-23-18-53(47(62)52-45(23)59)35-17-30(55)34(77-35)20-76-82(68,69)80-83(70,71)79-81(65,66)67)26-14-31(72-4)21(13-29(26)54(63)64)8-7-11-51-44(58)22-9-10-24(46(60)61)25(12-22)36-27-15-32(73-5)39(56)37(49)41(27)78-42-28(36)16-33(74-6)40(57)38(42)50/h9-10,12-16,18,27,30,34-35,41,43,55-56H,11,17,19-20H2,1-6H3,(H,51,58)(H,60,61)(H,68,69)(H,70,71)(H,52,59,62)(H2,65,66,67)/t27?,30-,34-,35-,41?,43-/m1/s1. The van der Waals surface area contributed by atoms with Crippen LogP contribution in [0.2, 0.25) is 0 Å². The molecular weight excluding hydrogens is 1210 g/mol. The van der Waals surface area contributed by atoms with Crippen molar-refractivity contribution in [2.75, 3.05) is 34.5 Å². The van der Waals surface area contributed by atoms with Crippen LogP contribution in [0.3, 0.4) is 0 Å². The molecule has 8 atom stereocenters. The summed E-state index contributed by atoms with van der Waals surface area (Å²) in [5.41, 5.74) is -4.02. The number of ketones is 1. The number of ether oxygens (including phenoxy) is 6. The van der Waals surface area contributed by atoms with Gasteiger partial charge in [0.15, 0.2) is 23.0 Å². The van der Waals surface area contributed by atoms with Gasteiger partial charge in [0.25, 0.3) is 17.2 Å². The van der Waals surface area contributed by atoms with E-state index in [2.05, 4.69) is 35.3 Å². The molecule has 30 nitrogen and oxygen atoms in total. The number of H-pyrrole nitrogens is 1. The number of nitro groups is 1. The van der Waals surface area contributed by atoms with E-state index >= 15 is 0 Å². The van der Waals surface area contributed by atoms with E-state index < -0.39 is 135 Å². The number of fused-ring (bicyclic) bond motifs is 2.